The Morgan fingerprint density at radius 3 is 2.75 bits per heavy atom. The van der Waals surface area contributed by atoms with Gasteiger partial charge in [-0.3, -0.25) is 0 Å². The molecule has 0 saturated heterocycles. The lowest BCUT2D eigenvalue weighted by Gasteiger charge is -2.11. The van der Waals surface area contributed by atoms with E-state index in [4.69, 9.17) is 22.4 Å². The summed E-state index contributed by atoms with van der Waals surface area (Å²) in [7, 11) is 0. The highest BCUT2D eigenvalue weighted by molar-refractivity contribution is 7.08. The minimum atomic E-state index is 0.0526. The van der Waals surface area contributed by atoms with Crippen molar-refractivity contribution in [2.75, 3.05) is 12.3 Å². The molecule has 1 aromatic heterocycles. The SMILES string of the molecule is Nc1c(-c2ccsc2)ccc(Cl)c1CCO. The second-order valence-electron chi connectivity index (χ2n) is 3.47. The summed E-state index contributed by atoms with van der Waals surface area (Å²) in [4.78, 5) is 0. The van der Waals surface area contributed by atoms with Crippen molar-refractivity contribution in [3.05, 3.63) is 39.5 Å². The van der Waals surface area contributed by atoms with Crippen LogP contribution in [0.25, 0.3) is 11.1 Å². The molecular formula is C12H12ClNOS. The van der Waals surface area contributed by atoms with E-state index in [1.807, 2.05) is 29.0 Å². The lowest BCUT2D eigenvalue weighted by molar-refractivity contribution is 0.300. The number of aliphatic hydroxyl groups is 1. The molecule has 4 heteroatoms. The Morgan fingerprint density at radius 2 is 2.12 bits per heavy atom. The van der Waals surface area contributed by atoms with Crippen LogP contribution in [-0.4, -0.2) is 11.7 Å². The summed E-state index contributed by atoms with van der Waals surface area (Å²) in [6, 6.07) is 5.77. The summed E-state index contributed by atoms with van der Waals surface area (Å²) in [5, 5.41) is 13.6. The Labute approximate surface area is 103 Å². The normalized spacial score (nSPS) is 10.6. The highest BCUT2D eigenvalue weighted by Crippen LogP contribution is 2.34. The molecule has 0 spiro atoms. The molecule has 1 aromatic carbocycles. The highest BCUT2D eigenvalue weighted by Gasteiger charge is 2.10. The Balaban J connectivity index is 2.52. The zero-order valence-corrected chi connectivity index (χ0v) is 10.2. The molecule has 2 aromatic rings. The number of nitrogen functional groups attached to an aromatic ring is 1. The molecule has 0 fully saturated rings. The average molecular weight is 254 g/mol. The Hall–Kier alpha value is -1.03. The first-order chi connectivity index (χ1) is 7.74. The molecule has 0 bridgehead atoms. The van der Waals surface area contributed by atoms with E-state index < -0.39 is 0 Å². The third-order valence-electron chi connectivity index (χ3n) is 2.49. The topological polar surface area (TPSA) is 46.2 Å². The fraction of sp³-hybridized carbons (Fsp3) is 0.167. The second kappa shape index (κ2) is 4.87. The number of aliphatic hydroxyl groups excluding tert-OH is 1. The highest BCUT2D eigenvalue weighted by atomic mass is 35.5. The summed E-state index contributed by atoms with van der Waals surface area (Å²) in [6.07, 6.45) is 0.489. The monoisotopic (exact) mass is 253 g/mol. The molecule has 0 unspecified atom stereocenters. The van der Waals surface area contributed by atoms with Gasteiger partial charge in [-0.2, -0.15) is 11.3 Å². The number of halogens is 1. The first-order valence-electron chi connectivity index (χ1n) is 4.94. The van der Waals surface area contributed by atoms with Crippen LogP contribution < -0.4 is 5.73 Å². The molecule has 0 saturated carbocycles. The predicted molar refractivity (Wildman–Crippen MR) is 70.0 cm³/mol. The Morgan fingerprint density at radius 1 is 1.31 bits per heavy atom. The fourth-order valence-corrected chi connectivity index (χ4v) is 2.59. The number of nitrogens with two attached hydrogens (primary N) is 1. The molecule has 0 atom stereocenters. The van der Waals surface area contributed by atoms with E-state index in [0.717, 1.165) is 16.7 Å². The summed E-state index contributed by atoms with van der Waals surface area (Å²) < 4.78 is 0. The van der Waals surface area contributed by atoms with Crippen LogP contribution >= 0.6 is 22.9 Å². The van der Waals surface area contributed by atoms with Gasteiger partial charge < -0.3 is 10.8 Å². The largest absolute Gasteiger partial charge is 0.398 e. The van der Waals surface area contributed by atoms with Crippen molar-refractivity contribution in [2.24, 2.45) is 0 Å². The van der Waals surface area contributed by atoms with Crippen LogP contribution in [-0.2, 0) is 6.42 Å². The van der Waals surface area contributed by atoms with Crippen molar-refractivity contribution in [3.63, 3.8) is 0 Å². The van der Waals surface area contributed by atoms with Gasteiger partial charge in [0.1, 0.15) is 0 Å². The zero-order chi connectivity index (χ0) is 11.5. The van der Waals surface area contributed by atoms with Gasteiger partial charge in [0.25, 0.3) is 0 Å². The average Bonchev–Trinajstić information content (AvgIpc) is 2.77. The number of hydrogen-bond donors (Lipinski definition) is 2. The number of anilines is 1. The van der Waals surface area contributed by atoms with Gasteiger partial charge in [-0.05, 0) is 40.4 Å². The van der Waals surface area contributed by atoms with Crippen LogP contribution in [0.5, 0.6) is 0 Å². The Kier molecular flexibility index (Phi) is 3.49. The molecule has 1 heterocycles. The molecule has 0 amide bonds. The van der Waals surface area contributed by atoms with Gasteiger partial charge in [-0.1, -0.05) is 17.7 Å². The molecule has 0 aliphatic carbocycles. The number of benzene rings is 1. The minimum Gasteiger partial charge on any atom is -0.398 e. The van der Waals surface area contributed by atoms with Crippen LogP contribution in [0.3, 0.4) is 0 Å². The van der Waals surface area contributed by atoms with Crippen molar-refractivity contribution >= 4 is 28.6 Å². The molecule has 84 valence electrons. The third-order valence-corrected chi connectivity index (χ3v) is 3.53. The van der Waals surface area contributed by atoms with Crippen LogP contribution in [0, 0.1) is 0 Å². The number of hydrogen-bond acceptors (Lipinski definition) is 3. The van der Waals surface area contributed by atoms with Crippen LogP contribution in [0.1, 0.15) is 5.56 Å². The van der Waals surface area contributed by atoms with E-state index in [0.29, 0.717) is 17.1 Å². The molecule has 0 radical (unpaired) electrons. The first-order valence-corrected chi connectivity index (χ1v) is 6.26. The fourth-order valence-electron chi connectivity index (χ4n) is 1.67. The molecule has 0 aliphatic heterocycles. The first kappa shape index (κ1) is 11.5. The van der Waals surface area contributed by atoms with Gasteiger partial charge in [-0.25, -0.2) is 0 Å². The van der Waals surface area contributed by atoms with E-state index >= 15 is 0 Å². The van der Waals surface area contributed by atoms with Crippen molar-refractivity contribution in [2.45, 2.75) is 6.42 Å². The van der Waals surface area contributed by atoms with Crippen molar-refractivity contribution in [1.82, 2.24) is 0 Å². The van der Waals surface area contributed by atoms with Crippen molar-refractivity contribution in [3.8, 4) is 11.1 Å². The van der Waals surface area contributed by atoms with E-state index in [1.54, 1.807) is 11.3 Å². The van der Waals surface area contributed by atoms with Crippen LogP contribution in [0.15, 0.2) is 29.0 Å². The van der Waals surface area contributed by atoms with E-state index in [1.165, 1.54) is 0 Å². The molecule has 0 aliphatic rings. The van der Waals surface area contributed by atoms with Gasteiger partial charge >= 0.3 is 0 Å². The standard InChI is InChI=1S/C12H12ClNOS/c13-11-2-1-9(8-4-6-16-7-8)12(14)10(11)3-5-15/h1-2,4,6-7,15H,3,5,14H2. The van der Waals surface area contributed by atoms with E-state index in [2.05, 4.69) is 0 Å². The zero-order valence-electron chi connectivity index (χ0n) is 8.61. The maximum Gasteiger partial charge on any atom is 0.0472 e. The van der Waals surface area contributed by atoms with E-state index in [-0.39, 0.29) is 6.61 Å². The molecular weight excluding hydrogens is 242 g/mol. The predicted octanol–water partition coefficient (Wildman–Crippen LogP) is 3.19. The molecule has 2 nitrogen and oxygen atoms in total. The maximum absolute atomic E-state index is 8.98. The summed E-state index contributed by atoms with van der Waals surface area (Å²) in [5.74, 6) is 0. The number of rotatable bonds is 3. The lowest BCUT2D eigenvalue weighted by Crippen LogP contribution is -2.00. The smallest absolute Gasteiger partial charge is 0.0472 e. The summed E-state index contributed by atoms with van der Waals surface area (Å²) in [5.41, 5.74) is 9.64. The van der Waals surface area contributed by atoms with Gasteiger partial charge in [0.05, 0.1) is 0 Å². The van der Waals surface area contributed by atoms with Crippen LogP contribution in [0.2, 0.25) is 5.02 Å². The van der Waals surface area contributed by atoms with Gasteiger partial charge in [0.15, 0.2) is 0 Å². The lowest BCUT2D eigenvalue weighted by atomic mass is 10.0. The van der Waals surface area contributed by atoms with Crippen LogP contribution in [0.4, 0.5) is 5.69 Å². The van der Waals surface area contributed by atoms with Gasteiger partial charge in [0.2, 0.25) is 0 Å². The van der Waals surface area contributed by atoms with Crippen molar-refractivity contribution < 1.29 is 5.11 Å². The maximum atomic E-state index is 8.98. The second-order valence-corrected chi connectivity index (χ2v) is 4.66. The summed E-state index contributed by atoms with van der Waals surface area (Å²) in [6.45, 7) is 0.0526. The van der Waals surface area contributed by atoms with Gasteiger partial charge in [0, 0.05) is 22.9 Å². The molecule has 3 N–H and O–H groups in total. The molecule has 16 heavy (non-hydrogen) atoms. The summed E-state index contributed by atoms with van der Waals surface area (Å²) >= 11 is 7.68. The molecule has 2 rings (SSSR count). The quantitative estimate of drug-likeness (QED) is 0.826. The van der Waals surface area contributed by atoms with Crippen molar-refractivity contribution in [1.29, 1.82) is 0 Å². The number of thiophene rings is 1. The Bertz CT molecular complexity index is 482. The minimum absolute atomic E-state index is 0.0526. The van der Waals surface area contributed by atoms with Gasteiger partial charge in [-0.15, -0.1) is 0 Å². The third kappa shape index (κ3) is 2.07. The van der Waals surface area contributed by atoms with E-state index in [9.17, 15) is 0 Å².